The van der Waals surface area contributed by atoms with Crippen LogP contribution >= 0.6 is 27.3 Å². The van der Waals surface area contributed by atoms with E-state index in [0.717, 1.165) is 15.2 Å². The van der Waals surface area contributed by atoms with Gasteiger partial charge in [-0.25, -0.2) is 4.68 Å². The van der Waals surface area contributed by atoms with E-state index in [1.54, 1.807) is 16.8 Å². The topological polar surface area (TPSA) is 67.7 Å². The minimum absolute atomic E-state index is 0.401. The first-order chi connectivity index (χ1) is 7.08. The second-order valence-corrected chi connectivity index (χ2v) is 5.08. The average molecular weight is 285 g/mol. The van der Waals surface area contributed by atoms with Gasteiger partial charge in [0.25, 0.3) is 0 Å². The van der Waals surface area contributed by atoms with Crippen molar-refractivity contribution >= 4 is 33.0 Å². The molecule has 1 aromatic carbocycles. The normalized spacial score (nSPS) is 10.5. The Kier molecular flexibility index (Phi) is 2.62. The lowest BCUT2D eigenvalue weighted by Crippen LogP contribution is -2.13. The molecule has 15 heavy (non-hydrogen) atoms. The zero-order chi connectivity index (χ0) is 11.0. The molecule has 0 saturated heterocycles. The molecule has 78 valence electrons. The average Bonchev–Trinajstić information content (AvgIpc) is 2.45. The molecule has 0 spiro atoms. The highest BCUT2D eigenvalue weighted by atomic mass is 79.9. The lowest BCUT2D eigenvalue weighted by molar-refractivity contribution is 0.806. The molecule has 0 aliphatic heterocycles. The van der Waals surface area contributed by atoms with Gasteiger partial charge in [-0.1, -0.05) is 11.3 Å². The number of rotatable bonds is 1. The Morgan fingerprint density at radius 1 is 1.53 bits per heavy atom. The van der Waals surface area contributed by atoms with E-state index >= 15 is 0 Å². The second-order valence-electron chi connectivity index (χ2n) is 3.05. The van der Waals surface area contributed by atoms with Crippen LogP contribution in [0.1, 0.15) is 5.01 Å². The Hall–Kier alpha value is -1.14. The number of nitrogens with one attached hydrogen (secondary N) is 1. The first kappa shape index (κ1) is 10.4. The number of hydrogen-bond donors (Lipinski definition) is 2. The van der Waals surface area contributed by atoms with Gasteiger partial charge in [-0.15, -0.1) is 0 Å². The van der Waals surface area contributed by atoms with Crippen LogP contribution in [0.2, 0.25) is 0 Å². The largest absolute Gasteiger partial charge is 0.399 e. The second kappa shape index (κ2) is 3.79. The van der Waals surface area contributed by atoms with Gasteiger partial charge >= 0.3 is 0 Å². The molecular formula is C9H9BrN4S. The van der Waals surface area contributed by atoms with E-state index in [0.29, 0.717) is 10.5 Å². The quantitative estimate of drug-likeness (QED) is 0.788. The molecule has 4 nitrogen and oxygen atoms in total. The number of aryl methyl sites for hydroxylation is 1. The molecule has 0 aliphatic rings. The number of benzene rings is 1. The summed E-state index contributed by atoms with van der Waals surface area (Å²) in [6.07, 6.45) is 0. The number of halogens is 1. The van der Waals surface area contributed by atoms with E-state index in [1.807, 2.05) is 13.0 Å². The molecular weight excluding hydrogens is 276 g/mol. The number of nitrogens with two attached hydrogens (primary N) is 1. The van der Waals surface area contributed by atoms with Crippen molar-refractivity contribution in [3.63, 3.8) is 0 Å². The summed E-state index contributed by atoms with van der Waals surface area (Å²) in [5, 5.41) is 12.9. The molecule has 0 saturated carbocycles. The van der Waals surface area contributed by atoms with Crippen LogP contribution in [0.5, 0.6) is 0 Å². The molecule has 2 rings (SSSR count). The molecule has 0 bridgehead atoms. The molecule has 1 aromatic heterocycles. The highest BCUT2D eigenvalue weighted by Gasteiger charge is 2.06. The summed E-state index contributed by atoms with van der Waals surface area (Å²) in [5.41, 5.74) is 7.16. The monoisotopic (exact) mass is 284 g/mol. The maximum Gasteiger partial charge on any atom is 0.205 e. The van der Waals surface area contributed by atoms with E-state index in [2.05, 4.69) is 21.0 Å². The van der Waals surface area contributed by atoms with E-state index < -0.39 is 0 Å². The lowest BCUT2D eigenvalue weighted by Gasteiger charge is -2.04. The third-order valence-corrected chi connectivity index (χ3v) is 3.26. The van der Waals surface area contributed by atoms with Crippen LogP contribution in [-0.2, 0) is 0 Å². The van der Waals surface area contributed by atoms with Crippen molar-refractivity contribution in [1.29, 1.82) is 5.41 Å². The molecule has 0 radical (unpaired) electrons. The van der Waals surface area contributed by atoms with Crippen LogP contribution in [-0.4, -0.2) is 9.78 Å². The predicted molar refractivity (Wildman–Crippen MR) is 64.1 cm³/mol. The van der Waals surface area contributed by atoms with Crippen molar-refractivity contribution in [2.24, 2.45) is 0 Å². The van der Waals surface area contributed by atoms with Crippen molar-refractivity contribution in [1.82, 2.24) is 9.78 Å². The van der Waals surface area contributed by atoms with Crippen LogP contribution in [0.15, 0.2) is 22.7 Å². The molecule has 6 heteroatoms. The molecule has 3 N–H and O–H groups in total. The third kappa shape index (κ3) is 1.95. The van der Waals surface area contributed by atoms with Gasteiger partial charge < -0.3 is 5.73 Å². The Labute approximate surface area is 99.0 Å². The minimum atomic E-state index is 0.401. The minimum Gasteiger partial charge on any atom is -0.399 e. The van der Waals surface area contributed by atoms with E-state index in [-0.39, 0.29) is 0 Å². The Bertz CT molecular complexity index is 557. The number of aromatic nitrogens is 2. The van der Waals surface area contributed by atoms with Crippen molar-refractivity contribution in [2.45, 2.75) is 6.92 Å². The summed E-state index contributed by atoms with van der Waals surface area (Å²) in [6.45, 7) is 1.88. The van der Waals surface area contributed by atoms with Crippen molar-refractivity contribution < 1.29 is 0 Å². The van der Waals surface area contributed by atoms with Crippen LogP contribution < -0.4 is 10.5 Å². The Balaban J connectivity index is 2.64. The standard InChI is InChI=1S/C9H9BrN4S/c1-5-13-14(9(12)15-5)8-3-2-6(11)4-7(8)10/h2-4,12H,11H2,1H3. The number of nitrogens with zero attached hydrogens (tertiary/aromatic N) is 2. The van der Waals surface area contributed by atoms with Gasteiger partial charge in [-0.05, 0) is 41.1 Å². The van der Waals surface area contributed by atoms with Gasteiger partial charge in [-0.2, -0.15) is 5.10 Å². The van der Waals surface area contributed by atoms with Crippen molar-refractivity contribution in [3.05, 3.63) is 32.5 Å². The van der Waals surface area contributed by atoms with Crippen LogP contribution in [0.25, 0.3) is 5.69 Å². The Morgan fingerprint density at radius 3 is 2.80 bits per heavy atom. The number of hydrogen-bond acceptors (Lipinski definition) is 4. The maximum absolute atomic E-state index is 7.75. The summed E-state index contributed by atoms with van der Waals surface area (Å²) < 4.78 is 2.43. The first-order valence-corrected chi connectivity index (χ1v) is 5.85. The van der Waals surface area contributed by atoms with E-state index in [9.17, 15) is 0 Å². The van der Waals surface area contributed by atoms with E-state index in [1.165, 1.54) is 11.3 Å². The summed E-state index contributed by atoms with van der Waals surface area (Å²) >= 11 is 4.75. The van der Waals surface area contributed by atoms with Gasteiger partial charge in [0.1, 0.15) is 5.01 Å². The SMILES string of the molecule is Cc1nn(-c2ccc(N)cc2Br)c(=N)s1. The third-order valence-electron chi connectivity index (χ3n) is 1.88. The smallest absolute Gasteiger partial charge is 0.205 e. The molecule has 0 fully saturated rings. The van der Waals surface area contributed by atoms with Gasteiger partial charge in [-0.3, -0.25) is 5.41 Å². The summed E-state index contributed by atoms with van der Waals surface area (Å²) in [6, 6.07) is 5.44. The first-order valence-electron chi connectivity index (χ1n) is 4.24. The molecule has 0 amide bonds. The zero-order valence-corrected chi connectivity index (χ0v) is 10.4. The summed E-state index contributed by atoms with van der Waals surface area (Å²) in [5.74, 6) is 0. The molecule has 0 atom stereocenters. The van der Waals surface area contributed by atoms with E-state index in [4.69, 9.17) is 11.1 Å². The van der Waals surface area contributed by atoms with Gasteiger partial charge in [0, 0.05) is 10.2 Å². The van der Waals surface area contributed by atoms with Gasteiger partial charge in [0.2, 0.25) is 4.80 Å². The summed E-state index contributed by atoms with van der Waals surface area (Å²) in [4.78, 5) is 0.401. The number of nitrogen functional groups attached to an aromatic ring is 1. The maximum atomic E-state index is 7.75. The number of anilines is 1. The molecule has 2 aromatic rings. The van der Waals surface area contributed by atoms with Crippen LogP contribution in [0.4, 0.5) is 5.69 Å². The Morgan fingerprint density at radius 2 is 2.27 bits per heavy atom. The fourth-order valence-corrected chi connectivity index (χ4v) is 2.44. The van der Waals surface area contributed by atoms with Gasteiger partial charge in [0.15, 0.2) is 0 Å². The predicted octanol–water partition coefficient (Wildman–Crippen LogP) is 2.07. The summed E-state index contributed by atoms with van der Waals surface area (Å²) in [7, 11) is 0. The lowest BCUT2D eigenvalue weighted by atomic mass is 10.3. The van der Waals surface area contributed by atoms with Crippen molar-refractivity contribution in [2.75, 3.05) is 5.73 Å². The highest BCUT2D eigenvalue weighted by Crippen LogP contribution is 2.22. The molecule has 0 aliphatic carbocycles. The van der Waals surface area contributed by atoms with Crippen molar-refractivity contribution in [3.8, 4) is 5.69 Å². The van der Waals surface area contributed by atoms with Crippen LogP contribution in [0.3, 0.4) is 0 Å². The molecule has 0 unspecified atom stereocenters. The highest BCUT2D eigenvalue weighted by molar-refractivity contribution is 9.10. The zero-order valence-electron chi connectivity index (χ0n) is 7.99. The van der Waals surface area contributed by atoms with Crippen LogP contribution in [0, 0.1) is 12.3 Å². The molecule has 1 heterocycles. The van der Waals surface area contributed by atoms with Gasteiger partial charge in [0.05, 0.1) is 5.69 Å². The fourth-order valence-electron chi connectivity index (χ4n) is 1.25. The fraction of sp³-hybridized carbons (Fsp3) is 0.111.